The summed E-state index contributed by atoms with van der Waals surface area (Å²) in [5.74, 6) is -0.199. The van der Waals surface area contributed by atoms with Crippen LogP contribution in [0.5, 0.6) is 0 Å². The molecule has 0 fully saturated rings. The summed E-state index contributed by atoms with van der Waals surface area (Å²) < 4.78 is 6.93. The lowest BCUT2D eigenvalue weighted by molar-refractivity contribution is 0.102. The second-order valence-electron chi connectivity index (χ2n) is 4.92. The number of benzene rings is 1. The van der Waals surface area contributed by atoms with Crippen molar-refractivity contribution in [2.45, 2.75) is 6.61 Å². The van der Waals surface area contributed by atoms with Crippen molar-refractivity contribution in [3.8, 4) is 5.69 Å². The predicted molar refractivity (Wildman–Crippen MR) is 86.5 cm³/mol. The third-order valence-corrected chi connectivity index (χ3v) is 3.32. The van der Waals surface area contributed by atoms with Crippen LogP contribution in [0.15, 0.2) is 61.2 Å². The predicted octanol–water partition coefficient (Wildman–Crippen LogP) is 2.67. The Balaban J connectivity index is 1.91. The van der Waals surface area contributed by atoms with Gasteiger partial charge in [0, 0.05) is 36.8 Å². The Kier molecular flexibility index (Phi) is 4.44. The Hall–Kier alpha value is -2.99. The van der Waals surface area contributed by atoms with E-state index in [4.69, 9.17) is 4.74 Å². The molecule has 0 spiro atoms. The largest absolute Gasteiger partial charge is 0.380 e. The Labute approximate surface area is 133 Å². The molecule has 0 saturated carbocycles. The maximum Gasteiger partial charge on any atom is 0.255 e. The van der Waals surface area contributed by atoms with Gasteiger partial charge in [0.15, 0.2) is 0 Å². The quantitative estimate of drug-likeness (QED) is 0.787. The smallest absolute Gasteiger partial charge is 0.255 e. The van der Waals surface area contributed by atoms with E-state index in [1.165, 1.54) is 0 Å². The van der Waals surface area contributed by atoms with Crippen LogP contribution < -0.4 is 5.32 Å². The van der Waals surface area contributed by atoms with Gasteiger partial charge >= 0.3 is 0 Å². The molecule has 6 heteroatoms. The monoisotopic (exact) mass is 308 g/mol. The zero-order valence-corrected chi connectivity index (χ0v) is 12.6. The van der Waals surface area contributed by atoms with Gasteiger partial charge in [0.25, 0.3) is 5.91 Å². The Morgan fingerprint density at radius 3 is 2.87 bits per heavy atom. The van der Waals surface area contributed by atoms with E-state index in [9.17, 15) is 4.79 Å². The molecule has 3 rings (SSSR count). The van der Waals surface area contributed by atoms with Crippen LogP contribution in [0.3, 0.4) is 0 Å². The molecule has 6 nitrogen and oxygen atoms in total. The molecule has 0 aliphatic carbocycles. The van der Waals surface area contributed by atoms with Gasteiger partial charge in [-0.2, -0.15) is 5.10 Å². The van der Waals surface area contributed by atoms with Crippen molar-refractivity contribution in [2.24, 2.45) is 0 Å². The number of ether oxygens (including phenoxy) is 1. The van der Waals surface area contributed by atoms with Crippen molar-refractivity contribution >= 4 is 11.6 Å². The van der Waals surface area contributed by atoms with E-state index >= 15 is 0 Å². The molecule has 0 bridgehead atoms. The summed E-state index contributed by atoms with van der Waals surface area (Å²) in [7, 11) is 1.63. The molecule has 3 aromatic rings. The number of pyridine rings is 1. The molecule has 23 heavy (non-hydrogen) atoms. The molecule has 1 amide bonds. The van der Waals surface area contributed by atoms with Crippen LogP contribution in [-0.2, 0) is 11.3 Å². The third kappa shape index (κ3) is 3.44. The first-order valence-corrected chi connectivity index (χ1v) is 7.11. The topological polar surface area (TPSA) is 69.0 Å². The summed E-state index contributed by atoms with van der Waals surface area (Å²) in [6, 6.07) is 10.8. The van der Waals surface area contributed by atoms with E-state index < -0.39 is 0 Å². The molecular formula is C17H16N4O2. The van der Waals surface area contributed by atoms with Crippen LogP contribution in [0.4, 0.5) is 5.69 Å². The van der Waals surface area contributed by atoms with Crippen molar-refractivity contribution in [3.63, 3.8) is 0 Å². The number of hydrogen-bond donors (Lipinski definition) is 1. The number of nitrogens with one attached hydrogen (secondary N) is 1. The Morgan fingerprint density at radius 2 is 2.17 bits per heavy atom. The standard InChI is InChI=1S/C17H16N4O2/c1-23-12-14-6-5-13(10-16(14)21-9-3-8-19-21)17(22)20-15-4-2-7-18-11-15/h2-11H,12H2,1H3,(H,20,22). The highest BCUT2D eigenvalue weighted by Gasteiger charge is 2.12. The fourth-order valence-corrected chi connectivity index (χ4v) is 2.25. The van der Waals surface area contributed by atoms with Crippen LogP contribution in [0.25, 0.3) is 5.69 Å². The average Bonchev–Trinajstić information content (AvgIpc) is 3.11. The van der Waals surface area contributed by atoms with Gasteiger partial charge in [-0.25, -0.2) is 4.68 Å². The number of rotatable bonds is 5. The van der Waals surface area contributed by atoms with Crippen molar-refractivity contribution in [1.29, 1.82) is 0 Å². The molecule has 0 saturated heterocycles. The highest BCUT2D eigenvalue weighted by molar-refractivity contribution is 6.04. The van der Waals surface area contributed by atoms with Crippen molar-refractivity contribution in [2.75, 3.05) is 12.4 Å². The van der Waals surface area contributed by atoms with Crippen LogP contribution >= 0.6 is 0 Å². The lowest BCUT2D eigenvalue weighted by Crippen LogP contribution is -2.13. The first-order chi connectivity index (χ1) is 11.3. The fourth-order valence-electron chi connectivity index (χ4n) is 2.25. The first-order valence-electron chi connectivity index (χ1n) is 7.11. The molecule has 0 unspecified atom stereocenters. The van der Waals surface area contributed by atoms with Crippen LogP contribution in [0, 0.1) is 0 Å². The van der Waals surface area contributed by atoms with Gasteiger partial charge in [0.1, 0.15) is 0 Å². The summed E-state index contributed by atoms with van der Waals surface area (Å²) in [4.78, 5) is 16.4. The zero-order chi connectivity index (χ0) is 16.1. The van der Waals surface area contributed by atoms with Crippen molar-refractivity contribution in [1.82, 2.24) is 14.8 Å². The molecule has 1 N–H and O–H groups in total. The molecular weight excluding hydrogens is 292 g/mol. The van der Waals surface area contributed by atoms with Gasteiger partial charge in [-0.05, 0) is 30.3 Å². The Bertz CT molecular complexity index is 786. The summed E-state index contributed by atoms with van der Waals surface area (Å²) in [5, 5.41) is 7.05. The van der Waals surface area contributed by atoms with Gasteiger partial charge in [-0.3, -0.25) is 9.78 Å². The van der Waals surface area contributed by atoms with E-state index in [0.29, 0.717) is 17.9 Å². The highest BCUT2D eigenvalue weighted by Crippen LogP contribution is 2.18. The molecule has 116 valence electrons. The molecule has 0 aliphatic heterocycles. The molecule has 2 heterocycles. The number of anilines is 1. The minimum Gasteiger partial charge on any atom is -0.380 e. The van der Waals surface area contributed by atoms with E-state index in [0.717, 1.165) is 11.3 Å². The molecule has 0 aliphatic rings. The molecule has 0 radical (unpaired) electrons. The maximum absolute atomic E-state index is 12.4. The van der Waals surface area contributed by atoms with E-state index in [-0.39, 0.29) is 5.91 Å². The van der Waals surface area contributed by atoms with Gasteiger partial charge in [-0.1, -0.05) is 6.07 Å². The number of amides is 1. The minimum atomic E-state index is -0.199. The number of hydrogen-bond acceptors (Lipinski definition) is 4. The van der Waals surface area contributed by atoms with Gasteiger partial charge in [0.05, 0.1) is 24.2 Å². The first kappa shape index (κ1) is 14.9. The lowest BCUT2D eigenvalue weighted by atomic mass is 10.1. The van der Waals surface area contributed by atoms with Crippen LogP contribution in [0.1, 0.15) is 15.9 Å². The molecule has 2 aromatic heterocycles. The highest BCUT2D eigenvalue weighted by atomic mass is 16.5. The second kappa shape index (κ2) is 6.85. The summed E-state index contributed by atoms with van der Waals surface area (Å²) >= 11 is 0. The summed E-state index contributed by atoms with van der Waals surface area (Å²) in [6.45, 7) is 0.444. The van der Waals surface area contributed by atoms with E-state index in [2.05, 4.69) is 15.4 Å². The van der Waals surface area contributed by atoms with Gasteiger partial charge in [-0.15, -0.1) is 0 Å². The van der Waals surface area contributed by atoms with Crippen molar-refractivity contribution in [3.05, 3.63) is 72.3 Å². The average molecular weight is 308 g/mol. The number of aromatic nitrogens is 3. The molecule has 1 aromatic carbocycles. The summed E-state index contributed by atoms with van der Waals surface area (Å²) in [6.07, 6.45) is 6.78. The molecule has 0 atom stereocenters. The number of carbonyl (C=O) groups excluding carboxylic acids is 1. The maximum atomic E-state index is 12.4. The van der Waals surface area contributed by atoms with Crippen molar-refractivity contribution < 1.29 is 9.53 Å². The third-order valence-electron chi connectivity index (χ3n) is 3.32. The van der Waals surface area contributed by atoms with Gasteiger partial charge in [0.2, 0.25) is 0 Å². The zero-order valence-electron chi connectivity index (χ0n) is 12.6. The van der Waals surface area contributed by atoms with Gasteiger partial charge < -0.3 is 10.1 Å². The Morgan fingerprint density at radius 1 is 1.26 bits per heavy atom. The summed E-state index contributed by atoms with van der Waals surface area (Å²) in [5.41, 5.74) is 2.96. The van der Waals surface area contributed by atoms with Crippen LogP contribution in [-0.4, -0.2) is 27.8 Å². The fraction of sp³-hybridized carbons (Fsp3) is 0.118. The number of nitrogens with zero attached hydrogens (tertiary/aromatic N) is 3. The lowest BCUT2D eigenvalue weighted by Gasteiger charge is -2.11. The SMILES string of the molecule is COCc1ccc(C(=O)Nc2cccnc2)cc1-n1cccn1. The minimum absolute atomic E-state index is 0.199. The number of carbonyl (C=O) groups is 1. The van der Waals surface area contributed by atoms with Crippen LogP contribution in [0.2, 0.25) is 0 Å². The van der Waals surface area contributed by atoms with E-state index in [1.807, 2.05) is 18.3 Å². The number of methoxy groups -OCH3 is 1. The van der Waals surface area contributed by atoms with E-state index in [1.54, 1.807) is 54.6 Å². The normalized spacial score (nSPS) is 10.5. The second-order valence-corrected chi connectivity index (χ2v) is 4.92.